The zero-order chi connectivity index (χ0) is 14.5. The maximum Gasteiger partial charge on any atom is 0.305 e. The van der Waals surface area contributed by atoms with Gasteiger partial charge < -0.3 is 10.0 Å². The molecule has 20 heavy (non-hydrogen) atoms. The number of carboxylic acid groups (broad SMARTS) is 1. The first-order valence-electron chi connectivity index (χ1n) is 6.46. The Morgan fingerprint density at radius 2 is 2.05 bits per heavy atom. The molecule has 1 atom stereocenters. The Balaban J connectivity index is 1.87. The van der Waals surface area contributed by atoms with Crippen LogP contribution in [0.5, 0.6) is 0 Å². The maximum atomic E-state index is 12.2. The topological polar surface area (TPSA) is 57.6 Å². The van der Waals surface area contributed by atoms with Crippen molar-refractivity contribution in [2.75, 3.05) is 12.3 Å². The van der Waals surface area contributed by atoms with Crippen LogP contribution >= 0.6 is 27.7 Å². The van der Waals surface area contributed by atoms with Gasteiger partial charge in [0.05, 0.1) is 12.2 Å². The van der Waals surface area contributed by atoms with Gasteiger partial charge in [0.2, 0.25) is 5.91 Å². The predicted molar refractivity (Wildman–Crippen MR) is 81.9 cm³/mol. The third-order valence-corrected chi connectivity index (χ3v) is 4.81. The van der Waals surface area contributed by atoms with Gasteiger partial charge in [0.25, 0.3) is 0 Å². The summed E-state index contributed by atoms with van der Waals surface area (Å²) in [7, 11) is 0. The molecule has 1 saturated heterocycles. The summed E-state index contributed by atoms with van der Waals surface area (Å²) in [4.78, 5) is 25.7. The highest BCUT2D eigenvalue weighted by molar-refractivity contribution is 9.10. The Morgan fingerprint density at radius 3 is 2.70 bits per heavy atom. The predicted octanol–water partition coefficient (Wildman–Crippen LogP) is 3.01. The minimum Gasteiger partial charge on any atom is -0.481 e. The Labute approximate surface area is 130 Å². The first-order valence-corrected chi connectivity index (χ1v) is 8.24. The van der Waals surface area contributed by atoms with Crippen molar-refractivity contribution in [2.45, 2.75) is 30.2 Å². The van der Waals surface area contributed by atoms with E-state index in [4.69, 9.17) is 5.11 Å². The van der Waals surface area contributed by atoms with Gasteiger partial charge in [-0.05, 0) is 37.1 Å². The molecule has 108 valence electrons. The van der Waals surface area contributed by atoms with Gasteiger partial charge in [-0.25, -0.2) is 0 Å². The highest BCUT2D eigenvalue weighted by Gasteiger charge is 2.29. The Hall–Kier alpha value is -1.01. The number of rotatable bonds is 5. The highest BCUT2D eigenvalue weighted by atomic mass is 79.9. The molecule has 1 aromatic rings. The van der Waals surface area contributed by atoms with Crippen LogP contribution in [0.3, 0.4) is 0 Å². The number of hydrogen-bond acceptors (Lipinski definition) is 3. The molecule has 1 fully saturated rings. The molecule has 0 bridgehead atoms. The van der Waals surface area contributed by atoms with E-state index in [0.29, 0.717) is 12.3 Å². The lowest BCUT2D eigenvalue weighted by Gasteiger charge is -2.23. The van der Waals surface area contributed by atoms with Gasteiger partial charge in [-0.3, -0.25) is 9.59 Å². The highest BCUT2D eigenvalue weighted by Crippen LogP contribution is 2.24. The number of amides is 1. The summed E-state index contributed by atoms with van der Waals surface area (Å²) in [5.41, 5.74) is 0. The van der Waals surface area contributed by atoms with E-state index in [1.54, 1.807) is 4.90 Å². The third-order valence-electron chi connectivity index (χ3n) is 3.28. The van der Waals surface area contributed by atoms with Gasteiger partial charge in [-0.1, -0.05) is 15.9 Å². The molecule has 4 nitrogen and oxygen atoms in total. The molecule has 0 saturated carbocycles. The zero-order valence-electron chi connectivity index (χ0n) is 10.9. The second kappa shape index (κ2) is 7.13. The largest absolute Gasteiger partial charge is 0.481 e. The summed E-state index contributed by atoms with van der Waals surface area (Å²) in [6.45, 7) is 0.678. The van der Waals surface area contributed by atoms with Crippen LogP contribution in [0, 0.1) is 0 Å². The number of carbonyl (C=O) groups is 2. The molecule has 1 aliphatic heterocycles. The first-order chi connectivity index (χ1) is 9.56. The van der Waals surface area contributed by atoms with Crippen LogP contribution in [-0.4, -0.2) is 40.2 Å². The number of benzene rings is 1. The molecule has 0 aliphatic carbocycles. The second-order valence-corrected chi connectivity index (χ2v) is 6.69. The molecule has 1 unspecified atom stereocenters. The average molecular weight is 358 g/mol. The van der Waals surface area contributed by atoms with Crippen LogP contribution in [0.25, 0.3) is 0 Å². The lowest BCUT2D eigenvalue weighted by molar-refractivity contribution is -0.139. The van der Waals surface area contributed by atoms with Gasteiger partial charge in [0, 0.05) is 22.0 Å². The minimum atomic E-state index is -0.838. The molecule has 0 aromatic heterocycles. The Bertz CT molecular complexity index is 492. The van der Waals surface area contributed by atoms with E-state index in [0.717, 1.165) is 22.2 Å². The quantitative estimate of drug-likeness (QED) is 0.823. The van der Waals surface area contributed by atoms with Gasteiger partial charge >= 0.3 is 5.97 Å². The molecule has 6 heteroatoms. The molecular weight excluding hydrogens is 342 g/mol. The van der Waals surface area contributed by atoms with Gasteiger partial charge in [0.1, 0.15) is 0 Å². The van der Waals surface area contributed by atoms with Crippen LogP contribution in [0.4, 0.5) is 0 Å². The van der Waals surface area contributed by atoms with Crippen molar-refractivity contribution >= 4 is 39.6 Å². The normalized spacial score (nSPS) is 18.2. The number of halogens is 1. The number of thioether (sulfide) groups is 1. The van der Waals surface area contributed by atoms with Crippen molar-refractivity contribution in [3.63, 3.8) is 0 Å². The number of carbonyl (C=O) groups excluding carboxylic acids is 1. The van der Waals surface area contributed by atoms with Crippen molar-refractivity contribution in [3.05, 3.63) is 28.7 Å². The van der Waals surface area contributed by atoms with E-state index < -0.39 is 5.97 Å². The molecule has 0 spiro atoms. The van der Waals surface area contributed by atoms with Gasteiger partial charge in [-0.2, -0.15) is 0 Å². The third kappa shape index (κ3) is 4.24. The minimum absolute atomic E-state index is 0.0293. The van der Waals surface area contributed by atoms with Gasteiger partial charge in [0.15, 0.2) is 0 Å². The molecule has 1 aliphatic rings. The average Bonchev–Trinajstić information content (AvgIpc) is 2.85. The van der Waals surface area contributed by atoms with E-state index in [2.05, 4.69) is 15.9 Å². The number of aliphatic carboxylic acids is 1. The molecule has 1 aromatic carbocycles. The van der Waals surface area contributed by atoms with Gasteiger partial charge in [-0.15, -0.1) is 11.8 Å². The summed E-state index contributed by atoms with van der Waals surface area (Å²) >= 11 is 4.86. The number of likely N-dealkylation sites (tertiary alicyclic amines) is 1. The lowest BCUT2D eigenvalue weighted by atomic mass is 10.1. The van der Waals surface area contributed by atoms with E-state index in [1.807, 2.05) is 24.3 Å². The number of carboxylic acids is 1. The number of hydrogen-bond donors (Lipinski definition) is 1. The van der Waals surface area contributed by atoms with Crippen molar-refractivity contribution in [1.29, 1.82) is 0 Å². The first kappa shape index (κ1) is 15.4. The Morgan fingerprint density at radius 1 is 1.35 bits per heavy atom. The molecule has 0 radical (unpaired) electrons. The summed E-state index contributed by atoms with van der Waals surface area (Å²) in [5.74, 6) is -0.450. The van der Waals surface area contributed by atoms with E-state index in [-0.39, 0.29) is 18.4 Å². The summed E-state index contributed by atoms with van der Waals surface area (Å²) in [6.07, 6.45) is 1.74. The van der Waals surface area contributed by atoms with Crippen molar-refractivity contribution < 1.29 is 14.7 Å². The van der Waals surface area contributed by atoms with E-state index in [9.17, 15) is 9.59 Å². The SMILES string of the molecule is O=C(O)CC1CCCN1C(=O)CSc1ccc(Br)cc1. The fraction of sp³-hybridized carbons (Fsp3) is 0.429. The van der Waals surface area contributed by atoms with Crippen molar-refractivity contribution in [1.82, 2.24) is 4.90 Å². The van der Waals surface area contributed by atoms with Crippen molar-refractivity contribution in [3.8, 4) is 0 Å². The standard InChI is InChI=1S/C14H16BrNO3S/c15-10-3-5-12(6-4-10)20-9-13(17)16-7-1-2-11(16)8-14(18)19/h3-6,11H,1-2,7-9H2,(H,18,19). The molecule has 1 amide bonds. The monoisotopic (exact) mass is 357 g/mol. The zero-order valence-corrected chi connectivity index (χ0v) is 13.3. The molecule has 2 rings (SSSR count). The summed E-state index contributed by atoms with van der Waals surface area (Å²) in [6, 6.07) is 7.67. The van der Waals surface area contributed by atoms with E-state index in [1.165, 1.54) is 11.8 Å². The van der Waals surface area contributed by atoms with Crippen LogP contribution in [0.15, 0.2) is 33.6 Å². The fourth-order valence-electron chi connectivity index (χ4n) is 2.34. The summed E-state index contributed by atoms with van der Waals surface area (Å²) < 4.78 is 1.01. The fourth-order valence-corrected chi connectivity index (χ4v) is 3.39. The summed E-state index contributed by atoms with van der Waals surface area (Å²) in [5, 5.41) is 8.86. The van der Waals surface area contributed by atoms with Crippen LogP contribution < -0.4 is 0 Å². The second-order valence-electron chi connectivity index (χ2n) is 4.72. The maximum absolute atomic E-state index is 12.2. The molecular formula is C14H16BrNO3S. The van der Waals surface area contributed by atoms with Crippen LogP contribution in [0.2, 0.25) is 0 Å². The molecule has 1 N–H and O–H groups in total. The smallest absolute Gasteiger partial charge is 0.305 e. The lowest BCUT2D eigenvalue weighted by Crippen LogP contribution is -2.37. The van der Waals surface area contributed by atoms with Crippen LogP contribution in [-0.2, 0) is 9.59 Å². The molecule has 1 heterocycles. The van der Waals surface area contributed by atoms with Crippen LogP contribution in [0.1, 0.15) is 19.3 Å². The van der Waals surface area contributed by atoms with Crippen molar-refractivity contribution in [2.24, 2.45) is 0 Å². The Kier molecular flexibility index (Phi) is 5.48. The number of nitrogens with zero attached hydrogens (tertiary/aromatic N) is 1. The van der Waals surface area contributed by atoms with E-state index >= 15 is 0 Å².